The Morgan fingerprint density at radius 1 is 1.44 bits per heavy atom. The van der Waals surface area contributed by atoms with E-state index in [0.29, 0.717) is 5.69 Å². The summed E-state index contributed by atoms with van der Waals surface area (Å²) in [6, 6.07) is 7.30. The average Bonchev–Trinajstić information content (AvgIpc) is 2.17. The standard InChI is InChI=1S/C12H16ClNO2/c1-8(2)11(13)14(12(15)16)10-6-4-5-9(3)7-10/h4-8,11H,1-3H3,(H,15,16). The van der Waals surface area contributed by atoms with Gasteiger partial charge in [0.25, 0.3) is 0 Å². The van der Waals surface area contributed by atoms with Crippen molar-refractivity contribution in [2.75, 3.05) is 4.90 Å². The molecule has 1 amide bonds. The molecule has 3 nitrogen and oxygen atoms in total. The van der Waals surface area contributed by atoms with Crippen molar-refractivity contribution in [1.29, 1.82) is 0 Å². The molecule has 0 aliphatic rings. The third-order valence-corrected chi connectivity index (χ3v) is 2.98. The van der Waals surface area contributed by atoms with Crippen molar-refractivity contribution >= 4 is 23.4 Å². The summed E-state index contributed by atoms with van der Waals surface area (Å²) in [7, 11) is 0. The first-order chi connectivity index (χ1) is 7.43. The number of aryl methyl sites for hydroxylation is 1. The number of carboxylic acid groups (broad SMARTS) is 1. The molecule has 0 heterocycles. The minimum absolute atomic E-state index is 0.0540. The molecule has 0 radical (unpaired) electrons. The molecular formula is C12H16ClNO2. The summed E-state index contributed by atoms with van der Waals surface area (Å²) in [5.74, 6) is 0.0540. The summed E-state index contributed by atoms with van der Waals surface area (Å²) in [6.07, 6.45) is -1.03. The number of anilines is 1. The van der Waals surface area contributed by atoms with E-state index >= 15 is 0 Å². The lowest BCUT2D eigenvalue weighted by atomic mass is 10.1. The van der Waals surface area contributed by atoms with Gasteiger partial charge in [0.1, 0.15) is 5.50 Å². The molecule has 0 saturated heterocycles. The van der Waals surface area contributed by atoms with Crippen LogP contribution in [0.2, 0.25) is 0 Å². The Morgan fingerprint density at radius 2 is 2.06 bits per heavy atom. The van der Waals surface area contributed by atoms with E-state index < -0.39 is 11.6 Å². The van der Waals surface area contributed by atoms with Crippen molar-refractivity contribution in [3.8, 4) is 0 Å². The Morgan fingerprint density at radius 3 is 2.50 bits per heavy atom. The van der Waals surface area contributed by atoms with Crippen LogP contribution in [-0.4, -0.2) is 16.7 Å². The van der Waals surface area contributed by atoms with E-state index in [-0.39, 0.29) is 5.92 Å². The number of benzene rings is 1. The van der Waals surface area contributed by atoms with E-state index in [9.17, 15) is 9.90 Å². The van der Waals surface area contributed by atoms with Gasteiger partial charge in [0, 0.05) is 5.69 Å². The first-order valence-corrected chi connectivity index (χ1v) is 5.60. The lowest BCUT2D eigenvalue weighted by Gasteiger charge is -2.27. The predicted molar refractivity (Wildman–Crippen MR) is 66.2 cm³/mol. The highest BCUT2D eigenvalue weighted by atomic mass is 35.5. The molecule has 16 heavy (non-hydrogen) atoms. The minimum Gasteiger partial charge on any atom is -0.465 e. The van der Waals surface area contributed by atoms with Crippen LogP contribution >= 0.6 is 11.6 Å². The van der Waals surface area contributed by atoms with Gasteiger partial charge in [0.15, 0.2) is 0 Å². The van der Waals surface area contributed by atoms with E-state index in [2.05, 4.69) is 0 Å². The van der Waals surface area contributed by atoms with Gasteiger partial charge in [-0.15, -0.1) is 0 Å². The second-order valence-corrected chi connectivity index (χ2v) is 4.56. The molecule has 88 valence electrons. The van der Waals surface area contributed by atoms with E-state index in [0.717, 1.165) is 5.56 Å². The van der Waals surface area contributed by atoms with Gasteiger partial charge in [-0.25, -0.2) is 4.79 Å². The Labute approximate surface area is 101 Å². The monoisotopic (exact) mass is 241 g/mol. The summed E-state index contributed by atoms with van der Waals surface area (Å²) >= 11 is 6.11. The van der Waals surface area contributed by atoms with Crippen molar-refractivity contribution in [3.05, 3.63) is 29.8 Å². The number of hydrogen-bond donors (Lipinski definition) is 1. The van der Waals surface area contributed by atoms with Crippen LogP contribution in [0.25, 0.3) is 0 Å². The van der Waals surface area contributed by atoms with Gasteiger partial charge in [-0.3, -0.25) is 4.90 Å². The van der Waals surface area contributed by atoms with Gasteiger partial charge in [-0.2, -0.15) is 0 Å². The first kappa shape index (κ1) is 12.8. The first-order valence-electron chi connectivity index (χ1n) is 5.16. The van der Waals surface area contributed by atoms with Crippen molar-refractivity contribution < 1.29 is 9.90 Å². The smallest absolute Gasteiger partial charge is 0.413 e. The zero-order valence-corrected chi connectivity index (χ0v) is 10.4. The third kappa shape index (κ3) is 2.89. The average molecular weight is 242 g/mol. The number of rotatable bonds is 3. The topological polar surface area (TPSA) is 40.5 Å². The minimum atomic E-state index is -1.03. The molecule has 0 aliphatic carbocycles. The van der Waals surface area contributed by atoms with Crippen molar-refractivity contribution in [2.45, 2.75) is 26.3 Å². The zero-order valence-electron chi connectivity index (χ0n) is 9.64. The quantitative estimate of drug-likeness (QED) is 0.648. The highest BCUT2D eigenvalue weighted by molar-refractivity contribution is 6.24. The Kier molecular flexibility index (Phi) is 4.19. The maximum absolute atomic E-state index is 11.2. The maximum atomic E-state index is 11.2. The van der Waals surface area contributed by atoms with E-state index in [4.69, 9.17) is 11.6 Å². The molecule has 0 aliphatic heterocycles. The second-order valence-electron chi connectivity index (χ2n) is 4.11. The summed E-state index contributed by atoms with van der Waals surface area (Å²) < 4.78 is 0. The zero-order chi connectivity index (χ0) is 12.3. The van der Waals surface area contributed by atoms with Gasteiger partial charge in [-0.1, -0.05) is 37.6 Å². The summed E-state index contributed by atoms with van der Waals surface area (Å²) in [5.41, 5.74) is 1.07. The highest BCUT2D eigenvalue weighted by Gasteiger charge is 2.25. The van der Waals surface area contributed by atoms with E-state index in [1.165, 1.54) is 4.90 Å². The Bertz CT molecular complexity index is 379. The van der Waals surface area contributed by atoms with Crippen LogP contribution in [0, 0.1) is 12.8 Å². The normalized spacial score (nSPS) is 12.6. The molecule has 0 spiro atoms. The number of halogens is 1. The van der Waals surface area contributed by atoms with Crippen LogP contribution in [0.15, 0.2) is 24.3 Å². The fraction of sp³-hybridized carbons (Fsp3) is 0.417. The summed E-state index contributed by atoms with van der Waals surface area (Å²) in [4.78, 5) is 12.4. The fourth-order valence-corrected chi connectivity index (χ4v) is 1.63. The Hall–Kier alpha value is -1.22. The molecule has 0 saturated carbocycles. The van der Waals surface area contributed by atoms with Gasteiger partial charge >= 0.3 is 6.09 Å². The molecule has 1 atom stereocenters. The largest absolute Gasteiger partial charge is 0.465 e. The number of carbonyl (C=O) groups is 1. The molecule has 0 fully saturated rings. The number of nitrogens with zero attached hydrogens (tertiary/aromatic N) is 1. The highest BCUT2D eigenvalue weighted by Crippen LogP contribution is 2.24. The number of amides is 1. The lowest BCUT2D eigenvalue weighted by Crippen LogP contribution is -2.39. The van der Waals surface area contributed by atoms with Crippen molar-refractivity contribution in [2.24, 2.45) is 5.92 Å². The predicted octanol–water partition coefficient (Wildman–Crippen LogP) is 3.70. The molecule has 1 rings (SSSR count). The number of hydrogen-bond acceptors (Lipinski definition) is 1. The molecule has 4 heteroatoms. The molecule has 1 N–H and O–H groups in total. The molecular weight excluding hydrogens is 226 g/mol. The molecule has 1 unspecified atom stereocenters. The molecule has 0 aromatic heterocycles. The lowest BCUT2D eigenvalue weighted by molar-refractivity contribution is 0.199. The SMILES string of the molecule is Cc1cccc(N(C(=O)O)C(Cl)C(C)C)c1. The molecule has 1 aromatic carbocycles. The van der Waals surface area contributed by atoms with Crippen LogP contribution in [0.4, 0.5) is 10.5 Å². The summed E-state index contributed by atoms with van der Waals surface area (Å²) in [6.45, 7) is 5.70. The maximum Gasteiger partial charge on any atom is 0.413 e. The van der Waals surface area contributed by atoms with E-state index in [1.807, 2.05) is 39.0 Å². The fourth-order valence-electron chi connectivity index (χ4n) is 1.43. The van der Waals surface area contributed by atoms with E-state index in [1.54, 1.807) is 6.07 Å². The van der Waals surface area contributed by atoms with Crippen LogP contribution in [0.3, 0.4) is 0 Å². The second kappa shape index (κ2) is 5.21. The molecule has 0 bridgehead atoms. The van der Waals surface area contributed by atoms with Gasteiger partial charge in [0.05, 0.1) is 0 Å². The van der Waals surface area contributed by atoms with Crippen LogP contribution in [0.1, 0.15) is 19.4 Å². The van der Waals surface area contributed by atoms with Gasteiger partial charge in [-0.05, 0) is 30.5 Å². The van der Waals surface area contributed by atoms with Crippen molar-refractivity contribution in [1.82, 2.24) is 0 Å². The molecule has 1 aromatic rings. The van der Waals surface area contributed by atoms with Crippen molar-refractivity contribution in [3.63, 3.8) is 0 Å². The van der Waals surface area contributed by atoms with Crippen LogP contribution in [0.5, 0.6) is 0 Å². The third-order valence-electron chi connectivity index (χ3n) is 2.28. The van der Waals surface area contributed by atoms with Crippen LogP contribution < -0.4 is 4.90 Å². The number of alkyl halides is 1. The Balaban J connectivity index is 3.08. The summed E-state index contributed by atoms with van der Waals surface area (Å²) in [5, 5.41) is 9.18. The van der Waals surface area contributed by atoms with Gasteiger partial charge < -0.3 is 5.11 Å². The van der Waals surface area contributed by atoms with Gasteiger partial charge in [0.2, 0.25) is 0 Å². The van der Waals surface area contributed by atoms with Crippen LogP contribution in [-0.2, 0) is 0 Å².